The van der Waals surface area contributed by atoms with Gasteiger partial charge in [0.15, 0.2) is 0 Å². The number of rotatable bonds is 4. The lowest BCUT2D eigenvalue weighted by Gasteiger charge is -2.14. The molecule has 1 aromatic rings. The van der Waals surface area contributed by atoms with Crippen molar-refractivity contribution in [1.29, 1.82) is 0 Å². The van der Waals surface area contributed by atoms with Crippen LogP contribution >= 0.6 is 0 Å². The molecule has 2 rings (SSSR count). The Hall–Kier alpha value is -0.900. The topological polar surface area (TPSA) is 29.1 Å². The number of halogens is 1. The van der Waals surface area contributed by atoms with Gasteiger partial charge in [0, 0.05) is 18.0 Å². The van der Waals surface area contributed by atoms with E-state index in [9.17, 15) is 8.60 Å². The molecule has 0 aromatic heterocycles. The van der Waals surface area contributed by atoms with Crippen molar-refractivity contribution in [3.63, 3.8) is 0 Å². The molecule has 0 bridgehead atoms. The molecule has 4 heteroatoms. The molecule has 1 aliphatic carbocycles. The zero-order valence-corrected chi connectivity index (χ0v) is 10.3. The van der Waals surface area contributed by atoms with E-state index < -0.39 is 16.6 Å². The Morgan fingerprint density at radius 2 is 2.19 bits per heavy atom. The van der Waals surface area contributed by atoms with Gasteiger partial charge < -0.3 is 5.32 Å². The van der Waals surface area contributed by atoms with E-state index >= 15 is 0 Å². The molecule has 1 aromatic carbocycles. The van der Waals surface area contributed by atoms with Crippen LogP contribution in [0.3, 0.4) is 0 Å². The summed E-state index contributed by atoms with van der Waals surface area (Å²) in [7, 11) is -1.26. The maximum Gasteiger partial charge on any atom is 0.141 e. The standard InChI is InChI=1S/C12H16FNOS/c1-8(9-3-4-9)14-10-5-6-12(16(2)15)11(13)7-10/h5-9,14H,3-4H2,1-2H3. The number of hydrogen-bond acceptors (Lipinski definition) is 2. The highest BCUT2D eigenvalue weighted by atomic mass is 32.2. The molecule has 88 valence electrons. The Morgan fingerprint density at radius 1 is 1.50 bits per heavy atom. The van der Waals surface area contributed by atoms with Crippen molar-refractivity contribution in [1.82, 2.24) is 0 Å². The second-order valence-electron chi connectivity index (χ2n) is 4.37. The van der Waals surface area contributed by atoms with Crippen LogP contribution in [0.2, 0.25) is 0 Å². The molecule has 1 aliphatic rings. The van der Waals surface area contributed by atoms with Crippen LogP contribution in [0.25, 0.3) is 0 Å². The van der Waals surface area contributed by atoms with Gasteiger partial charge in [-0.3, -0.25) is 4.21 Å². The highest BCUT2D eigenvalue weighted by molar-refractivity contribution is 7.84. The Morgan fingerprint density at radius 3 is 2.69 bits per heavy atom. The van der Waals surface area contributed by atoms with E-state index in [0.717, 1.165) is 11.6 Å². The van der Waals surface area contributed by atoms with Gasteiger partial charge in [-0.25, -0.2) is 4.39 Å². The molecule has 0 radical (unpaired) electrons. The van der Waals surface area contributed by atoms with E-state index in [-0.39, 0.29) is 4.90 Å². The Balaban J connectivity index is 2.10. The number of hydrogen-bond donors (Lipinski definition) is 1. The SMILES string of the molecule is CC(Nc1ccc(S(C)=O)c(F)c1)C1CC1. The molecule has 2 nitrogen and oxygen atoms in total. The van der Waals surface area contributed by atoms with E-state index in [0.29, 0.717) is 6.04 Å². The van der Waals surface area contributed by atoms with E-state index in [4.69, 9.17) is 0 Å². The van der Waals surface area contributed by atoms with Gasteiger partial charge in [-0.2, -0.15) is 0 Å². The first-order valence-corrected chi connectivity index (χ1v) is 7.03. The van der Waals surface area contributed by atoms with E-state index in [1.54, 1.807) is 12.1 Å². The zero-order valence-electron chi connectivity index (χ0n) is 9.50. The fourth-order valence-electron chi connectivity index (χ4n) is 1.80. The highest BCUT2D eigenvalue weighted by Gasteiger charge is 2.27. The first-order chi connectivity index (χ1) is 7.58. The predicted octanol–water partition coefficient (Wildman–Crippen LogP) is 2.77. The molecule has 2 atom stereocenters. The average Bonchev–Trinajstić information content (AvgIpc) is 2.99. The van der Waals surface area contributed by atoms with Crippen molar-refractivity contribution < 1.29 is 8.60 Å². The fraction of sp³-hybridized carbons (Fsp3) is 0.500. The van der Waals surface area contributed by atoms with Gasteiger partial charge in [-0.15, -0.1) is 0 Å². The highest BCUT2D eigenvalue weighted by Crippen LogP contribution is 2.34. The number of nitrogens with one attached hydrogen (secondary N) is 1. The molecule has 1 saturated carbocycles. The molecule has 1 N–H and O–H groups in total. The Bertz CT molecular complexity index is 417. The lowest BCUT2D eigenvalue weighted by Crippen LogP contribution is -2.17. The summed E-state index contributed by atoms with van der Waals surface area (Å²) in [6.07, 6.45) is 4.00. The van der Waals surface area contributed by atoms with Crippen LogP contribution < -0.4 is 5.32 Å². The summed E-state index contributed by atoms with van der Waals surface area (Å²) >= 11 is 0. The zero-order chi connectivity index (χ0) is 11.7. The number of anilines is 1. The van der Waals surface area contributed by atoms with Crippen LogP contribution in [0.4, 0.5) is 10.1 Å². The summed E-state index contributed by atoms with van der Waals surface area (Å²) in [5, 5.41) is 3.27. The second kappa shape index (κ2) is 4.53. The van der Waals surface area contributed by atoms with Gasteiger partial charge in [-0.1, -0.05) is 0 Å². The summed E-state index contributed by atoms with van der Waals surface area (Å²) in [6.45, 7) is 2.11. The van der Waals surface area contributed by atoms with Crippen molar-refractivity contribution in [2.75, 3.05) is 11.6 Å². The lowest BCUT2D eigenvalue weighted by molar-refractivity contribution is 0.595. The van der Waals surface area contributed by atoms with Gasteiger partial charge >= 0.3 is 0 Å². The Kier molecular flexibility index (Phi) is 3.28. The van der Waals surface area contributed by atoms with Crippen LogP contribution in [0.15, 0.2) is 23.1 Å². The number of benzene rings is 1. The first-order valence-electron chi connectivity index (χ1n) is 5.47. The molecule has 0 heterocycles. The van der Waals surface area contributed by atoms with Crippen LogP contribution in [-0.2, 0) is 10.8 Å². The second-order valence-corrected chi connectivity index (χ2v) is 5.72. The summed E-state index contributed by atoms with van der Waals surface area (Å²) in [5.41, 5.74) is 0.770. The van der Waals surface area contributed by atoms with Crippen LogP contribution in [-0.4, -0.2) is 16.5 Å². The van der Waals surface area contributed by atoms with Gasteiger partial charge in [0.2, 0.25) is 0 Å². The maximum absolute atomic E-state index is 13.5. The van der Waals surface area contributed by atoms with E-state index in [2.05, 4.69) is 12.2 Å². The minimum atomic E-state index is -1.26. The quantitative estimate of drug-likeness (QED) is 0.878. The molecular weight excluding hydrogens is 225 g/mol. The van der Waals surface area contributed by atoms with Crippen molar-refractivity contribution in [3.05, 3.63) is 24.0 Å². The summed E-state index contributed by atoms with van der Waals surface area (Å²) < 4.78 is 24.7. The Labute approximate surface area is 97.7 Å². The smallest absolute Gasteiger partial charge is 0.141 e. The van der Waals surface area contributed by atoms with Gasteiger partial charge in [0.05, 0.1) is 15.7 Å². The molecule has 0 amide bonds. The van der Waals surface area contributed by atoms with Gasteiger partial charge in [-0.05, 0) is 43.9 Å². The normalized spacial score (nSPS) is 19.2. The maximum atomic E-state index is 13.5. The van der Waals surface area contributed by atoms with Crippen LogP contribution in [0.1, 0.15) is 19.8 Å². The van der Waals surface area contributed by atoms with Gasteiger partial charge in [0.25, 0.3) is 0 Å². The van der Waals surface area contributed by atoms with Crippen molar-refractivity contribution in [2.45, 2.75) is 30.7 Å². The molecule has 1 fully saturated rings. The third-order valence-electron chi connectivity index (χ3n) is 2.97. The molecule has 2 unspecified atom stereocenters. The molecule has 0 aliphatic heterocycles. The van der Waals surface area contributed by atoms with Crippen LogP contribution in [0, 0.1) is 11.7 Å². The predicted molar refractivity (Wildman–Crippen MR) is 64.5 cm³/mol. The molecule has 16 heavy (non-hydrogen) atoms. The monoisotopic (exact) mass is 241 g/mol. The summed E-state index contributed by atoms with van der Waals surface area (Å²) in [4.78, 5) is 0.268. The minimum absolute atomic E-state index is 0.268. The third kappa shape index (κ3) is 2.61. The lowest BCUT2D eigenvalue weighted by atomic mass is 10.2. The average molecular weight is 241 g/mol. The van der Waals surface area contributed by atoms with Crippen molar-refractivity contribution >= 4 is 16.5 Å². The molecular formula is C12H16FNOS. The van der Waals surface area contributed by atoms with Crippen LogP contribution in [0.5, 0.6) is 0 Å². The van der Waals surface area contributed by atoms with E-state index in [1.807, 2.05) is 0 Å². The van der Waals surface area contributed by atoms with Crippen molar-refractivity contribution in [2.24, 2.45) is 5.92 Å². The van der Waals surface area contributed by atoms with E-state index in [1.165, 1.54) is 25.2 Å². The minimum Gasteiger partial charge on any atom is -0.382 e. The molecule has 0 saturated heterocycles. The summed E-state index contributed by atoms with van der Waals surface area (Å²) in [6, 6.07) is 5.19. The first kappa shape index (κ1) is 11.6. The largest absolute Gasteiger partial charge is 0.382 e. The van der Waals surface area contributed by atoms with Gasteiger partial charge in [0.1, 0.15) is 5.82 Å². The van der Waals surface area contributed by atoms with Crippen molar-refractivity contribution in [3.8, 4) is 0 Å². The fourth-order valence-corrected chi connectivity index (χ4v) is 2.39. The third-order valence-corrected chi connectivity index (χ3v) is 3.92. The molecule has 0 spiro atoms. The summed E-state index contributed by atoms with van der Waals surface area (Å²) in [5.74, 6) is 0.330.